The highest BCUT2D eigenvalue weighted by Gasteiger charge is 2.15. The van der Waals surface area contributed by atoms with Gasteiger partial charge in [0.1, 0.15) is 13.2 Å². The molecule has 198 valence electrons. The quantitative estimate of drug-likeness (QED) is 0.229. The predicted molar refractivity (Wildman–Crippen MR) is 146 cm³/mol. The van der Waals surface area contributed by atoms with E-state index in [1.54, 1.807) is 36.4 Å². The second kappa shape index (κ2) is 15.6. The minimum Gasteiger partial charge on any atom is -0.461 e. The number of carbonyl (C=O) groups excluding carboxylic acids is 2. The molecular weight excluding hydrogens is 503 g/mol. The zero-order chi connectivity index (χ0) is 26.5. The van der Waals surface area contributed by atoms with Gasteiger partial charge in [-0.05, 0) is 62.6 Å². The molecule has 2 N–H and O–H groups in total. The number of hydrogen-bond acceptors (Lipinski definition) is 8. The van der Waals surface area contributed by atoms with Gasteiger partial charge >= 0.3 is 11.9 Å². The molecule has 0 bridgehead atoms. The Kier molecular flexibility index (Phi) is 12.8. The van der Waals surface area contributed by atoms with Crippen molar-refractivity contribution in [2.75, 3.05) is 63.3 Å². The summed E-state index contributed by atoms with van der Waals surface area (Å²) in [6.07, 6.45) is 0. The van der Waals surface area contributed by atoms with Gasteiger partial charge in [-0.1, -0.05) is 50.9 Å². The molecule has 0 fully saturated rings. The molecular formula is C26H36Cl2N4O4. The summed E-state index contributed by atoms with van der Waals surface area (Å²) in [5.41, 5.74) is 7.88. The largest absolute Gasteiger partial charge is 0.461 e. The highest BCUT2D eigenvalue weighted by Crippen LogP contribution is 2.24. The van der Waals surface area contributed by atoms with Crippen LogP contribution in [0.3, 0.4) is 0 Å². The summed E-state index contributed by atoms with van der Waals surface area (Å²) in [6.45, 7) is 13.8. The lowest BCUT2D eigenvalue weighted by atomic mass is 10.2. The Morgan fingerprint density at radius 3 is 1.36 bits per heavy atom. The third-order valence-corrected chi connectivity index (χ3v) is 6.42. The van der Waals surface area contributed by atoms with Crippen LogP contribution in [0.4, 0.5) is 11.4 Å². The molecule has 0 aliphatic rings. The summed E-state index contributed by atoms with van der Waals surface area (Å²) in [7, 11) is 0. The number of carbonyl (C=O) groups is 2. The van der Waals surface area contributed by atoms with Crippen LogP contribution >= 0.6 is 23.2 Å². The van der Waals surface area contributed by atoms with Crippen molar-refractivity contribution in [3.05, 3.63) is 57.6 Å². The average molecular weight is 540 g/mol. The Bertz CT molecular complexity index is 918. The van der Waals surface area contributed by atoms with E-state index in [4.69, 9.17) is 32.7 Å². The van der Waals surface area contributed by atoms with E-state index in [0.29, 0.717) is 48.8 Å². The fourth-order valence-corrected chi connectivity index (χ4v) is 3.95. The van der Waals surface area contributed by atoms with E-state index in [1.807, 2.05) is 0 Å². The summed E-state index contributed by atoms with van der Waals surface area (Å²) in [6, 6.07) is 9.89. The number of rotatable bonds is 15. The second-order valence-corrected chi connectivity index (χ2v) is 8.78. The summed E-state index contributed by atoms with van der Waals surface area (Å²) >= 11 is 12.6. The number of ether oxygens (including phenoxy) is 2. The zero-order valence-corrected chi connectivity index (χ0v) is 22.9. The van der Waals surface area contributed by atoms with Crippen LogP contribution in [0.25, 0.3) is 0 Å². The van der Waals surface area contributed by atoms with E-state index in [9.17, 15) is 9.59 Å². The van der Waals surface area contributed by atoms with E-state index in [0.717, 1.165) is 26.2 Å². The van der Waals surface area contributed by atoms with Crippen molar-refractivity contribution in [1.29, 1.82) is 0 Å². The number of benzene rings is 2. The number of halogens is 2. The Labute approximate surface area is 223 Å². The van der Waals surface area contributed by atoms with Crippen molar-refractivity contribution in [2.24, 2.45) is 0 Å². The maximum absolute atomic E-state index is 12.4. The first-order valence-electron chi connectivity index (χ1n) is 12.2. The molecule has 0 atom stereocenters. The number of esters is 2. The average Bonchev–Trinajstić information content (AvgIpc) is 2.87. The Hall–Kier alpha value is -2.52. The number of anilines is 2. The fourth-order valence-electron chi connectivity index (χ4n) is 3.43. The first-order valence-corrected chi connectivity index (χ1v) is 13.0. The molecule has 2 rings (SSSR count). The summed E-state index contributed by atoms with van der Waals surface area (Å²) < 4.78 is 10.7. The number of nitrogens with zero attached hydrogens (tertiary/aromatic N) is 2. The number of nitrogens with one attached hydrogen (secondary N) is 2. The fraction of sp³-hybridized carbons (Fsp3) is 0.462. The molecule has 0 aliphatic carbocycles. The van der Waals surface area contributed by atoms with Crippen LogP contribution in [0.2, 0.25) is 10.0 Å². The first-order chi connectivity index (χ1) is 17.3. The number of likely N-dealkylation sites (N-methyl/N-ethyl adjacent to an activating group) is 2. The van der Waals surface area contributed by atoms with Crippen LogP contribution in [-0.2, 0) is 9.47 Å². The normalized spacial score (nSPS) is 11.0. The molecule has 0 heterocycles. The molecule has 2 aromatic carbocycles. The monoisotopic (exact) mass is 538 g/mol. The van der Waals surface area contributed by atoms with Gasteiger partial charge in [0, 0.05) is 13.1 Å². The maximum Gasteiger partial charge on any atom is 0.339 e. The highest BCUT2D eigenvalue weighted by atomic mass is 35.5. The molecule has 0 aromatic heterocycles. The van der Waals surface area contributed by atoms with E-state index in [1.165, 1.54) is 0 Å². The lowest BCUT2D eigenvalue weighted by Gasteiger charge is -2.18. The molecule has 0 saturated heterocycles. The molecule has 8 nitrogen and oxygen atoms in total. The van der Waals surface area contributed by atoms with E-state index in [-0.39, 0.29) is 10.0 Å². The van der Waals surface area contributed by atoms with Gasteiger partial charge in [0.15, 0.2) is 0 Å². The molecule has 0 amide bonds. The third-order valence-electron chi connectivity index (χ3n) is 5.80. The molecule has 36 heavy (non-hydrogen) atoms. The highest BCUT2D eigenvalue weighted by molar-refractivity contribution is 6.34. The van der Waals surface area contributed by atoms with Crippen LogP contribution in [0, 0.1) is 0 Å². The van der Waals surface area contributed by atoms with Gasteiger partial charge in [-0.2, -0.15) is 0 Å². The van der Waals surface area contributed by atoms with Gasteiger partial charge in [-0.15, -0.1) is 0 Å². The molecule has 0 radical (unpaired) electrons. The van der Waals surface area contributed by atoms with Gasteiger partial charge in [0.05, 0.1) is 32.5 Å². The van der Waals surface area contributed by atoms with Gasteiger partial charge in [-0.3, -0.25) is 0 Å². The molecule has 0 unspecified atom stereocenters. The Morgan fingerprint density at radius 2 is 1.06 bits per heavy atom. The third kappa shape index (κ3) is 9.17. The van der Waals surface area contributed by atoms with Crippen LogP contribution < -0.4 is 10.9 Å². The Balaban J connectivity index is 1.89. The molecule has 10 heteroatoms. The van der Waals surface area contributed by atoms with E-state index >= 15 is 0 Å². The van der Waals surface area contributed by atoms with Crippen LogP contribution in [0.1, 0.15) is 48.4 Å². The zero-order valence-electron chi connectivity index (χ0n) is 21.4. The Morgan fingerprint density at radius 1 is 0.694 bits per heavy atom. The molecule has 0 spiro atoms. The lowest BCUT2D eigenvalue weighted by molar-refractivity contribution is 0.0458. The number of hydrogen-bond donors (Lipinski definition) is 2. The van der Waals surface area contributed by atoms with Gasteiger partial charge in [0.25, 0.3) is 0 Å². The van der Waals surface area contributed by atoms with Gasteiger partial charge in [-0.25, -0.2) is 9.59 Å². The van der Waals surface area contributed by atoms with E-state index < -0.39 is 11.9 Å². The molecule has 0 aliphatic heterocycles. The van der Waals surface area contributed by atoms with E-state index in [2.05, 4.69) is 48.3 Å². The van der Waals surface area contributed by atoms with Crippen LogP contribution in [0.15, 0.2) is 36.4 Å². The van der Waals surface area contributed by atoms with Gasteiger partial charge in [0.2, 0.25) is 0 Å². The van der Waals surface area contributed by atoms with Crippen molar-refractivity contribution in [3.8, 4) is 0 Å². The van der Waals surface area contributed by atoms with Crippen molar-refractivity contribution in [3.63, 3.8) is 0 Å². The minimum absolute atomic E-state index is 0.274. The smallest absolute Gasteiger partial charge is 0.339 e. The second-order valence-electron chi connectivity index (χ2n) is 7.96. The van der Waals surface area contributed by atoms with Crippen molar-refractivity contribution >= 4 is 46.5 Å². The summed E-state index contributed by atoms with van der Waals surface area (Å²) in [4.78, 5) is 29.0. The summed E-state index contributed by atoms with van der Waals surface area (Å²) in [5, 5.41) is 0.547. The minimum atomic E-state index is -0.460. The number of hydrazine groups is 1. The van der Waals surface area contributed by atoms with Crippen LogP contribution in [-0.4, -0.2) is 74.2 Å². The van der Waals surface area contributed by atoms with Crippen molar-refractivity contribution in [2.45, 2.75) is 27.7 Å². The molecule has 0 saturated carbocycles. The lowest BCUT2D eigenvalue weighted by Crippen LogP contribution is -2.28. The predicted octanol–water partition coefficient (Wildman–Crippen LogP) is 5.43. The standard InChI is InChI=1S/C26H36Cl2N4O4/c1-5-31(6-2)13-15-35-25(33)21-11-9-19(17-23(21)27)29-30-20-10-12-22(24(28)18-20)26(34)36-16-14-32(7-3)8-4/h9-12,17-18,29-30H,5-8,13-16H2,1-4H3. The SMILES string of the molecule is CCN(CC)CCOC(=O)c1ccc(NNc2ccc(C(=O)OCCN(CC)CC)c(Cl)c2)cc1Cl. The molecule has 2 aromatic rings. The van der Waals surface area contributed by atoms with Gasteiger partial charge < -0.3 is 30.1 Å². The maximum atomic E-state index is 12.4. The van der Waals surface area contributed by atoms with Crippen molar-refractivity contribution in [1.82, 2.24) is 9.80 Å². The van der Waals surface area contributed by atoms with Crippen LogP contribution in [0.5, 0.6) is 0 Å². The summed E-state index contributed by atoms with van der Waals surface area (Å²) in [5.74, 6) is -0.920. The topological polar surface area (TPSA) is 83.1 Å². The first kappa shape index (κ1) is 29.7. The van der Waals surface area contributed by atoms with Crippen molar-refractivity contribution < 1.29 is 19.1 Å².